The predicted molar refractivity (Wildman–Crippen MR) is 85.3 cm³/mol. The summed E-state index contributed by atoms with van der Waals surface area (Å²) in [6, 6.07) is 1.84. The second kappa shape index (κ2) is 6.22. The smallest absolute Gasteiger partial charge is 0.410 e. The molecular formula is C16H22N4O2. The largest absolute Gasteiger partial charge is 0.444 e. The number of ether oxygens (including phenoxy) is 1. The van der Waals surface area contributed by atoms with Crippen molar-refractivity contribution in [1.82, 2.24) is 9.88 Å². The molecule has 22 heavy (non-hydrogen) atoms. The lowest BCUT2D eigenvalue weighted by molar-refractivity contribution is 0.0240. The van der Waals surface area contributed by atoms with Crippen LogP contribution in [0.1, 0.15) is 26.3 Å². The molecule has 0 bridgehead atoms. The van der Waals surface area contributed by atoms with Gasteiger partial charge in [-0.1, -0.05) is 0 Å². The van der Waals surface area contributed by atoms with Gasteiger partial charge in [-0.3, -0.25) is 4.98 Å². The Morgan fingerprint density at radius 1 is 1.32 bits per heavy atom. The van der Waals surface area contributed by atoms with E-state index < -0.39 is 5.60 Å². The van der Waals surface area contributed by atoms with Crippen LogP contribution in [0.2, 0.25) is 0 Å². The number of amides is 1. The van der Waals surface area contributed by atoms with Crippen molar-refractivity contribution in [2.45, 2.75) is 33.3 Å². The highest BCUT2D eigenvalue weighted by atomic mass is 16.6. The van der Waals surface area contributed by atoms with Crippen molar-refractivity contribution in [2.75, 3.05) is 31.1 Å². The summed E-state index contributed by atoms with van der Waals surface area (Å²) in [6.45, 7) is 17.2. The lowest BCUT2D eigenvalue weighted by Crippen LogP contribution is -2.50. The summed E-state index contributed by atoms with van der Waals surface area (Å²) in [6.07, 6.45) is 1.33. The summed E-state index contributed by atoms with van der Waals surface area (Å²) in [5.41, 5.74) is 1.06. The first-order valence-corrected chi connectivity index (χ1v) is 7.37. The second-order valence-corrected chi connectivity index (χ2v) is 6.40. The highest BCUT2D eigenvalue weighted by molar-refractivity contribution is 5.68. The molecule has 2 heterocycles. The second-order valence-electron chi connectivity index (χ2n) is 6.40. The van der Waals surface area contributed by atoms with Crippen molar-refractivity contribution >= 4 is 17.6 Å². The number of pyridine rings is 1. The summed E-state index contributed by atoms with van der Waals surface area (Å²) < 4.78 is 5.39. The van der Waals surface area contributed by atoms with Crippen LogP contribution < -0.4 is 4.90 Å². The molecule has 0 aliphatic carbocycles. The van der Waals surface area contributed by atoms with Gasteiger partial charge in [0.2, 0.25) is 5.69 Å². The van der Waals surface area contributed by atoms with Crippen LogP contribution in [-0.2, 0) is 4.74 Å². The minimum absolute atomic E-state index is 0.264. The molecule has 2 rings (SSSR count). The van der Waals surface area contributed by atoms with Gasteiger partial charge in [0.1, 0.15) is 11.4 Å². The van der Waals surface area contributed by atoms with E-state index in [9.17, 15) is 4.79 Å². The van der Waals surface area contributed by atoms with E-state index in [2.05, 4.69) is 14.7 Å². The Morgan fingerprint density at radius 2 is 1.95 bits per heavy atom. The van der Waals surface area contributed by atoms with Gasteiger partial charge >= 0.3 is 6.09 Å². The van der Waals surface area contributed by atoms with Crippen LogP contribution >= 0.6 is 0 Å². The summed E-state index contributed by atoms with van der Waals surface area (Å²) in [5.74, 6) is 0.885. The van der Waals surface area contributed by atoms with Gasteiger partial charge in [0, 0.05) is 32.4 Å². The zero-order valence-corrected chi connectivity index (χ0v) is 13.6. The van der Waals surface area contributed by atoms with Crippen LogP contribution in [0.25, 0.3) is 4.85 Å². The van der Waals surface area contributed by atoms with E-state index in [1.54, 1.807) is 11.1 Å². The number of hydrogen-bond donors (Lipinski definition) is 0. The summed E-state index contributed by atoms with van der Waals surface area (Å²) in [4.78, 5) is 23.7. The fourth-order valence-electron chi connectivity index (χ4n) is 2.37. The minimum atomic E-state index is -0.470. The quantitative estimate of drug-likeness (QED) is 0.748. The van der Waals surface area contributed by atoms with Gasteiger partial charge in [0.05, 0.1) is 6.57 Å². The first-order chi connectivity index (χ1) is 10.3. The minimum Gasteiger partial charge on any atom is -0.444 e. The Hall–Kier alpha value is -2.29. The Morgan fingerprint density at radius 3 is 2.45 bits per heavy atom. The third-order valence-electron chi connectivity index (χ3n) is 3.40. The van der Waals surface area contributed by atoms with Gasteiger partial charge in [-0.15, -0.1) is 0 Å². The fraction of sp³-hybridized carbons (Fsp3) is 0.562. The van der Waals surface area contributed by atoms with E-state index in [1.807, 2.05) is 33.8 Å². The molecule has 0 unspecified atom stereocenters. The Balaban J connectivity index is 1.98. The maximum Gasteiger partial charge on any atom is 0.410 e. The molecule has 1 aliphatic heterocycles. The maximum absolute atomic E-state index is 12.0. The Bertz CT molecular complexity index is 593. The molecule has 0 saturated carbocycles. The van der Waals surface area contributed by atoms with Gasteiger partial charge < -0.3 is 14.5 Å². The molecule has 118 valence electrons. The van der Waals surface area contributed by atoms with Gasteiger partial charge in [0.25, 0.3) is 0 Å². The number of aromatic nitrogens is 1. The normalized spacial score (nSPS) is 15.4. The average Bonchev–Trinajstić information content (AvgIpc) is 2.45. The third-order valence-corrected chi connectivity index (χ3v) is 3.40. The Labute approximate surface area is 131 Å². The highest BCUT2D eigenvalue weighted by Gasteiger charge is 2.26. The number of anilines is 1. The molecule has 0 radical (unpaired) electrons. The Kier molecular flexibility index (Phi) is 4.55. The van der Waals surface area contributed by atoms with Gasteiger partial charge in [-0.25, -0.2) is 9.64 Å². The van der Waals surface area contributed by atoms with Crippen LogP contribution in [0.3, 0.4) is 0 Å². The zero-order valence-electron chi connectivity index (χ0n) is 13.6. The van der Waals surface area contributed by atoms with Crippen molar-refractivity contribution in [3.8, 4) is 0 Å². The van der Waals surface area contributed by atoms with Crippen molar-refractivity contribution in [3.05, 3.63) is 29.2 Å². The number of rotatable bonds is 1. The van der Waals surface area contributed by atoms with E-state index >= 15 is 0 Å². The topological polar surface area (TPSA) is 50.0 Å². The number of nitrogens with zero attached hydrogens (tertiary/aromatic N) is 4. The monoisotopic (exact) mass is 302 g/mol. The lowest BCUT2D eigenvalue weighted by Gasteiger charge is -2.36. The molecule has 0 atom stereocenters. The zero-order chi connectivity index (χ0) is 16.3. The van der Waals surface area contributed by atoms with E-state index in [0.717, 1.165) is 11.4 Å². The van der Waals surface area contributed by atoms with Crippen molar-refractivity contribution in [1.29, 1.82) is 0 Å². The molecule has 1 aliphatic rings. The van der Waals surface area contributed by atoms with Crippen LogP contribution in [0.4, 0.5) is 16.3 Å². The van der Waals surface area contributed by atoms with E-state index in [1.165, 1.54) is 0 Å². The van der Waals surface area contributed by atoms with Crippen molar-refractivity contribution in [2.24, 2.45) is 0 Å². The SMILES string of the molecule is [C-]#[N+]c1cnc(N2CCN(C(=O)OC(C)(C)C)CC2)c(C)c1. The molecular weight excluding hydrogens is 280 g/mol. The molecule has 0 N–H and O–H groups in total. The average molecular weight is 302 g/mol. The number of carbonyl (C=O) groups excluding carboxylic acids is 1. The van der Waals surface area contributed by atoms with Gasteiger partial charge in [-0.05, 0) is 39.3 Å². The number of carbonyl (C=O) groups is 1. The maximum atomic E-state index is 12.0. The number of piperazine rings is 1. The van der Waals surface area contributed by atoms with E-state index in [0.29, 0.717) is 31.9 Å². The third kappa shape index (κ3) is 3.88. The summed E-state index contributed by atoms with van der Waals surface area (Å²) >= 11 is 0. The highest BCUT2D eigenvalue weighted by Crippen LogP contribution is 2.23. The van der Waals surface area contributed by atoms with E-state index in [4.69, 9.17) is 11.3 Å². The number of aryl methyl sites for hydroxylation is 1. The first kappa shape index (κ1) is 16.1. The van der Waals surface area contributed by atoms with Crippen LogP contribution in [0, 0.1) is 13.5 Å². The standard InChI is InChI=1S/C16H22N4O2/c1-12-10-13(17-5)11-18-14(12)19-6-8-20(9-7-19)15(21)22-16(2,3)4/h10-11H,6-9H2,1-4H3. The molecule has 6 heteroatoms. The summed E-state index contributed by atoms with van der Waals surface area (Å²) in [7, 11) is 0. The van der Waals surface area contributed by atoms with Gasteiger partial charge in [0.15, 0.2) is 0 Å². The van der Waals surface area contributed by atoms with Crippen LogP contribution in [0.5, 0.6) is 0 Å². The molecule has 1 amide bonds. The van der Waals surface area contributed by atoms with Crippen LogP contribution in [-0.4, -0.2) is 47.8 Å². The first-order valence-electron chi connectivity index (χ1n) is 7.37. The summed E-state index contributed by atoms with van der Waals surface area (Å²) in [5, 5.41) is 0. The van der Waals surface area contributed by atoms with Crippen LogP contribution in [0.15, 0.2) is 12.3 Å². The fourth-order valence-corrected chi connectivity index (χ4v) is 2.37. The van der Waals surface area contributed by atoms with E-state index in [-0.39, 0.29) is 6.09 Å². The predicted octanol–water partition coefficient (Wildman–Crippen LogP) is 3.00. The molecule has 0 spiro atoms. The molecule has 1 aromatic rings. The van der Waals surface area contributed by atoms with Crippen molar-refractivity contribution in [3.63, 3.8) is 0 Å². The van der Waals surface area contributed by atoms with Gasteiger partial charge in [-0.2, -0.15) is 0 Å². The molecule has 6 nitrogen and oxygen atoms in total. The molecule has 1 fully saturated rings. The van der Waals surface area contributed by atoms with Crippen molar-refractivity contribution < 1.29 is 9.53 Å². The lowest BCUT2D eigenvalue weighted by atomic mass is 10.2. The molecule has 1 saturated heterocycles. The molecule has 0 aromatic carbocycles. The number of hydrogen-bond acceptors (Lipinski definition) is 4. The molecule has 1 aromatic heterocycles.